The standard InChI is InChI=1S/C30H25ClFN5O3/c1-16(28-24(17-7-6-8-19(32)13-17)27(38)20-9-4-5-10-22(20)40-28)37-30-25(29(33)34-15-35-30)26(36(37)2)18-11-12-23(39-3)21(31)14-18/h4-16,26H,1-3H3,(H2,33,34,35). The first-order chi connectivity index (χ1) is 19.3. The van der Waals surface area contributed by atoms with Gasteiger partial charge in [0.1, 0.15) is 41.1 Å². The molecule has 202 valence electrons. The maximum absolute atomic E-state index is 14.4. The predicted molar refractivity (Wildman–Crippen MR) is 153 cm³/mol. The zero-order valence-corrected chi connectivity index (χ0v) is 22.7. The first-order valence-electron chi connectivity index (χ1n) is 12.6. The molecule has 0 aliphatic carbocycles. The van der Waals surface area contributed by atoms with Gasteiger partial charge in [-0.3, -0.25) is 9.80 Å². The van der Waals surface area contributed by atoms with E-state index in [0.717, 1.165) is 5.56 Å². The summed E-state index contributed by atoms with van der Waals surface area (Å²) in [6.07, 6.45) is 1.40. The van der Waals surface area contributed by atoms with E-state index in [0.29, 0.717) is 50.3 Å². The van der Waals surface area contributed by atoms with E-state index in [1.165, 1.54) is 18.5 Å². The highest BCUT2D eigenvalue weighted by atomic mass is 35.5. The average Bonchev–Trinajstić information content (AvgIpc) is 3.25. The summed E-state index contributed by atoms with van der Waals surface area (Å²) in [6.45, 7) is 1.90. The van der Waals surface area contributed by atoms with E-state index in [1.807, 2.05) is 36.1 Å². The minimum absolute atomic E-state index is 0.253. The highest BCUT2D eigenvalue weighted by Crippen LogP contribution is 2.48. The summed E-state index contributed by atoms with van der Waals surface area (Å²) in [5, 5.41) is 4.73. The number of nitrogens with two attached hydrogens (primary N) is 1. The molecule has 0 amide bonds. The van der Waals surface area contributed by atoms with Crippen LogP contribution in [0.5, 0.6) is 5.75 Å². The van der Waals surface area contributed by atoms with Crippen LogP contribution >= 0.6 is 11.6 Å². The number of para-hydroxylation sites is 1. The van der Waals surface area contributed by atoms with Crippen molar-refractivity contribution >= 4 is 34.2 Å². The third-order valence-corrected chi connectivity index (χ3v) is 7.57. The van der Waals surface area contributed by atoms with Gasteiger partial charge in [0.2, 0.25) is 5.43 Å². The second-order valence-corrected chi connectivity index (χ2v) is 9.97. The largest absolute Gasteiger partial charge is 0.495 e. The molecule has 0 saturated carbocycles. The van der Waals surface area contributed by atoms with Gasteiger partial charge >= 0.3 is 0 Å². The Morgan fingerprint density at radius 2 is 1.90 bits per heavy atom. The van der Waals surface area contributed by atoms with Gasteiger partial charge in [-0.25, -0.2) is 19.4 Å². The van der Waals surface area contributed by atoms with E-state index in [4.69, 9.17) is 26.5 Å². The zero-order chi connectivity index (χ0) is 28.1. The molecule has 0 radical (unpaired) electrons. The van der Waals surface area contributed by atoms with Crippen molar-refractivity contribution in [2.24, 2.45) is 0 Å². The molecule has 3 aromatic carbocycles. The lowest BCUT2D eigenvalue weighted by Crippen LogP contribution is -2.39. The summed E-state index contributed by atoms with van der Waals surface area (Å²) in [7, 11) is 3.45. The van der Waals surface area contributed by atoms with E-state index < -0.39 is 17.9 Å². The number of hydrogen-bond donors (Lipinski definition) is 1. The molecule has 0 spiro atoms. The number of nitrogen functional groups attached to an aromatic ring is 1. The Hall–Kier alpha value is -4.47. The van der Waals surface area contributed by atoms with Crippen molar-refractivity contribution in [3.8, 4) is 16.9 Å². The molecule has 10 heteroatoms. The van der Waals surface area contributed by atoms with Gasteiger partial charge in [0.15, 0.2) is 5.82 Å². The first-order valence-corrected chi connectivity index (χ1v) is 13.0. The highest BCUT2D eigenvalue weighted by molar-refractivity contribution is 6.32. The van der Waals surface area contributed by atoms with Crippen LogP contribution in [-0.4, -0.2) is 29.1 Å². The Bertz CT molecular complexity index is 1830. The van der Waals surface area contributed by atoms with Gasteiger partial charge in [0.25, 0.3) is 0 Å². The fourth-order valence-corrected chi connectivity index (χ4v) is 5.74. The molecule has 8 nitrogen and oxygen atoms in total. The monoisotopic (exact) mass is 557 g/mol. The molecule has 2 atom stereocenters. The maximum atomic E-state index is 14.4. The van der Waals surface area contributed by atoms with Crippen molar-refractivity contribution in [2.75, 3.05) is 24.9 Å². The van der Waals surface area contributed by atoms with Gasteiger partial charge in [-0.1, -0.05) is 41.9 Å². The number of anilines is 2. The van der Waals surface area contributed by atoms with E-state index in [1.54, 1.807) is 49.6 Å². The summed E-state index contributed by atoms with van der Waals surface area (Å²) >= 11 is 6.49. The molecule has 2 unspecified atom stereocenters. The minimum atomic E-state index is -0.563. The number of hydrazine groups is 1. The lowest BCUT2D eigenvalue weighted by atomic mass is 9.98. The van der Waals surface area contributed by atoms with E-state index in [-0.39, 0.29) is 11.0 Å². The number of fused-ring (bicyclic) bond motifs is 2. The summed E-state index contributed by atoms with van der Waals surface area (Å²) in [5.41, 5.74) is 8.82. The molecule has 0 saturated heterocycles. The quantitative estimate of drug-likeness (QED) is 0.275. The Kier molecular flexibility index (Phi) is 6.40. The number of benzene rings is 3. The van der Waals surface area contributed by atoms with Crippen molar-refractivity contribution in [2.45, 2.75) is 19.0 Å². The second kappa shape index (κ2) is 9.93. The van der Waals surface area contributed by atoms with Gasteiger partial charge in [0, 0.05) is 7.05 Å². The fourth-order valence-electron chi connectivity index (χ4n) is 5.48. The molecular weight excluding hydrogens is 533 g/mol. The third kappa shape index (κ3) is 4.06. The average molecular weight is 558 g/mol. The molecule has 2 N–H and O–H groups in total. The van der Waals surface area contributed by atoms with Crippen LogP contribution < -0.4 is 20.9 Å². The van der Waals surface area contributed by atoms with Gasteiger partial charge in [0.05, 0.1) is 34.7 Å². The Morgan fingerprint density at radius 1 is 1.10 bits per heavy atom. The summed E-state index contributed by atoms with van der Waals surface area (Å²) in [4.78, 5) is 22.7. The molecule has 5 aromatic rings. The van der Waals surface area contributed by atoms with Crippen LogP contribution in [0.3, 0.4) is 0 Å². The van der Waals surface area contributed by atoms with Gasteiger partial charge in [-0.05, 0) is 54.4 Å². The molecular formula is C30H25ClFN5O3. The molecule has 0 fully saturated rings. The molecule has 1 aliphatic heterocycles. The maximum Gasteiger partial charge on any atom is 0.200 e. The number of methoxy groups -OCH3 is 1. The smallest absolute Gasteiger partial charge is 0.200 e. The van der Waals surface area contributed by atoms with E-state index in [9.17, 15) is 9.18 Å². The second-order valence-electron chi connectivity index (χ2n) is 9.56. The number of aromatic nitrogens is 2. The molecule has 3 heterocycles. The first kappa shape index (κ1) is 25.8. The van der Waals surface area contributed by atoms with Crippen LogP contribution in [0.15, 0.2) is 82.3 Å². The number of halogens is 2. The third-order valence-electron chi connectivity index (χ3n) is 7.27. The van der Waals surface area contributed by atoms with Crippen molar-refractivity contribution in [1.82, 2.24) is 15.0 Å². The van der Waals surface area contributed by atoms with Crippen LogP contribution in [-0.2, 0) is 0 Å². The van der Waals surface area contributed by atoms with Crippen LogP contribution in [0.4, 0.5) is 16.0 Å². The Balaban J connectivity index is 1.56. The lowest BCUT2D eigenvalue weighted by molar-refractivity contribution is 0.245. The van der Waals surface area contributed by atoms with Crippen LogP contribution in [0.2, 0.25) is 5.02 Å². The van der Waals surface area contributed by atoms with Gasteiger partial charge in [-0.2, -0.15) is 0 Å². The normalized spacial score (nSPS) is 15.8. The fraction of sp³-hybridized carbons (Fsp3) is 0.167. The number of ether oxygens (including phenoxy) is 1. The number of nitrogens with zero attached hydrogens (tertiary/aromatic N) is 4. The van der Waals surface area contributed by atoms with Crippen molar-refractivity contribution in [3.63, 3.8) is 0 Å². The van der Waals surface area contributed by atoms with Crippen molar-refractivity contribution in [3.05, 3.63) is 111 Å². The molecule has 40 heavy (non-hydrogen) atoms. The van der Waals surface area contributed by atoms with Crippen molar-refractivity contribution < 1.29 is 13.5 Å². The Labute approximate surface area is 234 Å². The van der Waals surface area contributed by atoms with Crippen molar-refractivity contribution in [1.29, 1.82) is 0 Å². The molecule has 1 aliphatic rings. The SMILES string of the molecule is COc1ccc(C2c3c(N)ncnc3N(C(C)c3oc4ccccc4c(=O)c3-c3cccc(F)c3)N2C)cc1Cl. The zero-order valence-electron chi connectivity index (χ0n) is 21.9. The minimum Gasteiger partial charge on any atom is -0.495 e. The highest BCUT2D eigenvalue weighted by Gasteiger charge is 2.42. The van der Waals surface area contributed by atoms with E-state index in [2.05, 4.69) is 9.97 Å². The summed E-state index contributed by atoms with van der Waals surface area (Å²) < 4.78 is 26.1. The van der Waals surface area contributed by atoms with Gasteiger partial charge < -0.3 is 14.9 Å². The lowest BCUT2D eigenvalue weighted by Gasteiger charge is -2.35. The van der Waals surface area contributed by atoms with E-state index >= 15 is 0 Å². The topological polar surface area (TPSA) is 97.7 Å². The molecule has 0 bridgehead atoms. The predicted octanol–water partition coefficient (Wildman–Crippen LogP) is 6.15. The summed E-state index contributed by atoms with van der Waals surface area (Å²) in [6, 6.07) is 17.5. The number of rotatable bonds is 5. The molecule has 6 rings (SSSR count). The number of hydrogen-bond acceptors (Lipinski definition) is 8. The van der Waals surface area contributed by atoms with Crippen LogP contribution in [0.25, 0.3) is 22.1 Å². The molecule has 2 aromatic heterocycles. The summed E-state index contributed by atoms with van der Waals surface area (Å²) in [5.74, 6) is 1.32. The van der Waals surface area contributed by atoms with Crippen LogP contribution in [0, 0.1) is 5.82 Å². The van der Waals surface area contributed by atoms with Crippen LogP contribution in [0.1, 0.15) is 35.9 Å². The van der Waals surface area contributed by atoms with Gasteiger partial charge in [-0.15, -0.1) is 0 Å². The Morgan fingerprint density at radius 3 is 2.65 bits per heavy atom.